The Balaban J connectivity index is 1.62. The highest BCUT2D eigenvalue weighted by molar-refractivity contribution is 14.1. The first kappa shape index (κ1) is 12.6. The van der Waals surface area contributed by atoms with Crippen LogP contribution < -0.4 is 5.32 Å². The molecule has 1 aliphatic carbocycles. The molecule has 2 heterocycles. The zero-order valence-corrected chi connectivity index (χ0v) is 13.7. The van der Waals surface area contributed by atoms with Gasteiger partial charge in [-0.3, -0.25) is 9.89 Å². The smallest absolute Gasteiger partial charge is 0.235 e. The fourth-order valence-electron chi connectivity index (χ4n) is 3.77. The average Bonchev–Trinajstić information content (AvgIpc) is 3.10. The standard InChI is InChI=1S/C17H12IN3O/c18-15-10-6-5-9(7-14(10)20-21-15)12-8-17(12)11-3-1-2-4-13(11)19-16(17)22/h1-7,12H,8H2,(H,19,22)(H,20,21)/t12-,17?/m1/s1. The molecule has 0 bridgehead atoms. The van der Waals surface area contributed by atoms with Gasteiger partial charge in [-0.15, -0.1) is 0 Å². The molecule has 0 saturated heterocycles. The van der Waals surface area contributed by atoms with Gasteiger partial charge in [-0.05, 0) is 58.3 Å². The third-order valence-electron chi connectivity index (χ3n) is 4.96. The Morgan fingerprint density at radius 3 is 3.00 bits per heavy atom. The number of hydrogen-bond acceptors (Lipinski definition) is 2. The Labute approximate surface area is 140 Å². The van der Waals surface area contributed by atoms with Crippen molar-refractivity contribution in [2.45, 2.75) is 17.8 Å². The van der Waals surface area contributed by atoms with E-state index in [0.717, 1.165) is 32.3 Å². The molecule has 5 heteroatoms. The van der Waals surface area contributed by atoms with Gasteiger partial charge in [0.05, 0.1) is 10.9 Å². The van der Waals surface area contributed by atoms with Crippen LogP contribution >= 0.6 is 22.6 Å². The highest BCUT2D eigenvalue weighted by Crippen LogP contribution is 2.64. The van der Waals surface area contributed by atoms with E-state index in [1.54, 1.807) is 0 Å². The normalized spacial score (nSPS) is 25.5. The van der Waals surface area contributed by atoms with Gasteiger partial charge in [-0.1, -0.05) is 24.3 Å². The molecular weight excluding hydrogens is 389 g/mol. The predicted octanol–water partition coefficient (Wildman–Crippen LogP) is 3.54. The van der Waals surface area contributed by atoms with Crippen molar-refractivity contribution in [3.63, 3.8) is 0 Å². The van der Waals surface area contributed by atoms with E-state index in [1.165, 1.54) is 5.56 Å². The lowest BCUT2D eigenvalue weighted by atomic mass is 9.92. The number of anilines is 1. The summed E-state index contributed by atoms with van der Waals surface area (Å²) in [5.41, 5.74) is 3.99. The largest absolute Gasteiger partial charge is 0.325 e. The molecule has 22 heavy (non-hydrogen) atoms. The topological polar surface area (TPSA) is 57.8 Å². The number of nitrogens with zero attached hydrogens (tertiary/aromatic N) is 1. The molecule has 1 aliphatic heterocycles. The van der Waals surface area contributed by atoms with Gasteiger partial charge in [0.1, 0.15) is 3.70 Å². The van der Waals surface area contributed by atoms with Gasteiger partial charge in [0.15, 0.2) is 0 Å². The minimum atomic E-state index is -0.364. The number of hydrogen-bond donors (Lipinski definition) is 2. The van der Waals surface area contributed by atoms with E-state index in [-0.39, 0.29) is 17.2 Å². The third-order valence-corrected chi connectivity index (χ3v) is 5.79. The molecule has 1 aromatic heterocycles. The Hall–Kier alpha value is -1.89. The average molecular weight is 401 g/mol. The quantitative estimate of drug-likeness (QED) is 0.613. The number of aromatic amines is 1. The fraction of sp³-hybridized carbons (Fsp3) is 0.176. The summed E-state index contributed by atoms with van der Waals surface area (Å²) in [5, 5.41) is 11.5. The van der Waals surface area contributed by atoms with Gasteiger partial charge < -0.3 is 5.32 Å². The predicted molar refractivity (Wildman–Crippen MR) is 92.9 cm³/mol. The van der Waals surface area contributed by atoms with Crippen LogP contribution in [-0.4, -0.2) is 16.1 Å². The highest BCUT2D eigenvalue weighted by atomic mass is 127. The SMILES string of the molecule is O=C1Nc2ccccc2C12C[C@@H]2c1ccc2c(I)n[nH]c2c1. The lowest BCUT2D eigenvalue weighted by molar-refractivity contribution is -0.118. The van der Waals surface area contributed by atoms with Gasteiger partial charge in [0.25, 0.3) is 0 Å². The molecule has 108 valence electrons. The Morgan fingerprint density at radius 2 is 2.09 bits per heavy atom. The summed E-state index contributed by atoms with van der Waals surface area (Å²) in [6.07, 6.45) is 0.882. The molecule has 1 spiro atoms. The highest BCUT2D eigenvalue weighted by Gasteiger charge is 2.65. The Morgan fingerprint density at radius 1 is 1.23 bits per heavy atom. The maximum Gasteiger partial charge on any atom is 0.235 e. The number of benzene rings is 2. The second kappa shape index (κ2) is 4.10. The van der Waals surface area contributed by atoms with Crippen LogP contribution in [0.1, 0.15) is 23.5 Å². The molecule has 5 rings (SSSR count). The second-order valence-electron chi connectivity index (χ2n) is 6.05. The van der Waals surface area contributed by atoms with E-state index in [9.17, 15) is 4.79 Å². The van der Waals surface area contributed by atoms with E-state index in [1.807, 2.05) is 18.2 Å². The molecule has 2 atom stereocenters. The minimum absolute atomic E-state index is 0.137. The third kappa shape index (κ3) is 1.47. The molecule has 1 unspecified atom stereocenters. The zero-order chi connectivity index (χ0) is 14.9. The molecule has 2 aliphatic rings. The molecule has 1 saturated carbocycles. The van der Waals surface area contributed by atoms with Gasteiger partial charge in [-0.2, -0.15) is 5.10 Å². The van der Waals surface area contributed by atoms with Gasteiger partial charge in [0, 0.05) is 17.0 Å². The lowest BCUT2D eigenvalue weighted by Crippen LogP contribution is -2.20. The number of amides is 1. The lowest BCUT2D eigenvalue weighted by Gasteiger charge is -2.08. The summed E-state index contributed by atoms with van der Waals surface area (Å²) in [5.74, 6) is 0.388. The number of halogens is 1. The molecule has 1 fully saturated rings. The summed E-state index contributed by atoms with van der Waals surface area (Å²) in [6.45, 7) is 0. The molecular formula is C17H12IN3O. The van der Waals surface area contributed by atoms with Gasteiger partial charge in [0.2, 0.25) is 5.91 Å². The van der Waals surface area contributed by atoms with E-state index in [4.69, 9.17) is 0 Å². The summed E-state index contributed by atoms with van der Waals surface area (Å²) < 4.78 is 0.980. The Kier molecular flexibility index (Phi) is 2.35. The van der Waals surface area contributed by atoms with E-state index >= 15 is 0 Å². The van der Waals surface area contributed by atoms with Crippen LogP contribution in [0.25, 0.3) is 10.9 Å². The summed E-state index contributed by atoms with van der Waals surface area (Å²) >= 11 is 2.23. The first-order valence-corrected chi connectivity index (χ1v) is 8.32. The molecule has 4 nitrogen and oxygen atoms in total. The first-order chi connectivity index (χ1) is 10.7. The number of carbonyl (C=O) groups excluding carboxylic acids is 1. The van der Waals surface area contributed by atoms with Crippen molar-refractivity contribution in [3.8, 4) is 0 Å². The number of H-pyrrole nitrogens is 1. The van der Waals surface area contributed by atoms with Crippen LogP contribution in [0, 0.1) is 3.70 Å². The summed E-state index contributed by atoms with van der Waals surface area (Å²) in [4.78, 5) is 12.5. The molecule has 2 aromatic carbocycles. The van der Waals surface area contributed by atoms with Crippen LogP contribution in [0.15, 0.2) is 42.5 Å². The molecule has 1 amide bonds. The number of fused-ring (bicyclic) bond motifs is 3. The van der Waals surface area contributed by atoms with Gasteiger partial charge in [-0.25, -0.2) is 0 Å². The van der Waals surface area contributed by atoms with Crippen LogP contribution in [0.4, 0.5) is 5.69 Å². The van der Waals surface area contributed by atoms with Crippen molar-refractivity contribution in [2.75, 3.05) is 5.32 Å². The summed E-state index contributed by atoms with van der Waals surface area (Å²) in [6, 6.07) is 14.4. The summed E-state index contributed by atoms with van der Waals surface area (Å²) in [7, 11) is 0. The van der Waals surface area contributed by atoms with Crippen LogP contribution in [0.2, 0.25) is 0 Å². The van der Waals surface area contributed by atoms with Gasteiger partial charge >= 0.3 is 0 Å². The number of rotatable bonds is 1. The Bertz CT molecular complexity index is 948. The number of aromatic nitrogens is 2. The van der Waals surface area contributed by atoms with E-state index < -0.39 is 0 Å². The van der Waals surface area contributed by atoms with Crippen LogP contribution in [-0.2, 0) is 10.2 Å². The maximum atomic E-state index is 12.5. The van der Waals surface area contributed by atoms with Crippen molar-refractivity contribution < 1.29 is 4.79 Å². The molecule has 2 N–H and O–H groups in total. The van der Waals surface area contributed by atoms with Crippen LogP contribution in [0.5, 0.6) is 0 Å². The van der Waals surface area contributed by atoms with E-state index in [0.29, 0.717) is 0 Å². The van der Waals surface area contributed by atoms with E-state index in [2.05, 4.69) is 62.4 Å². The monoisotopic (exact) mass is 401 g/mol. The maximum absolute atomic E-state index is 12.5. The zero-order valence-electron chi connectivity index (χ0n) is 11.6. The van der Waals surface area contributed by atoms with Crippen molar-refractivity contribution in [3.05, 3.63) is 57.3 Å². The minimum Gasteiger partial charge on any atom is -0.325 e. The van der Waals surface area contributed by atoms with Crippen molar-refractivity contribution in [1.82, 2.24) is 10.2 Å². The van der Waals surface area contributed by atoms with Crippen molar-refractivity contribution in [1.29, 1.82) is 0 Å². The van der Waals surface area contributed by atoms with Crippen LogP contribution in [0.3, 0.4) is 0 Å². The second-order valence-corrected chi connectivity index (χ2v) is 7.07. The van der Waals surface area contributed by atoms with Crippen molar-refractivity contribution >= 4 is 45.1 Å². The molecule has 3 aromatic rings. The molecule has 0 radical (unpaired) electrons. The number of carbonyl (C=O) groups is 1. The number of para-hydroxylation sites is 1. The first-order valence-electron chi connectivity index (χ1n) is 7.24. The fourth-order valence-corrected chi connectivity index (χ4v) is 4.36. The van der Waals surface area contributed by atoms with Crippen molar-refractivity contribution in [2.24, 2.45) is 0 Å². The number of nitrogens with one attached hydrogen (secondary N) is 2.